The van der Waals surface area contributed by atoms with Gasteiger partial charge < -0.3 is 5.73 Å². The van der Waals surface area contributed by atoms with Gasteiger partial charge in [0.15, 0.2) is 5.82 Å². The van der Waals surface area contributed by atoms with Gasteiger partial charge in [-0.25, -0.2) is 4.39 Å². The topological polar surface area (TPSA) is 26.0 Å². The van der Waals surface area contributed by atoms with Gasteiger partial charge in [-0.2, -0.15) is 13.2 Å². The van der Waals surface area contributed by atoms with Crippen LogP contribution < -0.4 is 5.73 Å². The number of benzene rings is 2. The maximum Gasteiger partial charge on any atom is 0.399 e. The molecule has 8 heteroatoms. The van der Waals surface area contributed by atoms with E-state index < -0.39 is 28.0 Å². The Morgan fingerprint density at radius 2 is 1.60 bits per heavy atom. The Labute approximate surface area is 157 Å². The van der Waals surface area contributed by atoms with Crippen LogP contribution in [-0.4, -0.2) is 6.18 Å². The van der Waals surface area contributed by atoms with Gasteiger partial charge in [0.25, 0.3) is 0 Å². The molecule has 0 aromatic heterocycles. The van der Waals surface area contributed by atoms with Crippen molar-refractivity contribution in [3.05, 3.63) is 74.0 Å². The Bertz CT molecular complexity index is 780. The van der Waals surface area contributed by atoms with Crippen molar-refractivity contribution >= 4 is 40.9 Å². The zero-order chi connectivity index (χ0) is 18.8. The number of rotatable bonds is 4. The number of nitrogens with two attached hydrogens (primary N) is 1. The Hall–Kier alpha value is -1.27. The minimum absolute atomic E-state index is 0.223. The number of alkyl halides is 3. The first kappa shape index (κ1) is 20.0. The molecule has 0 aliphatic carbocycles. The Kier molecular flexibility index (Phi) is 6.38. The van der Waals surface area contributed by atoms with Gasteiger partial charge in [-0.05, 0) is 34.9 Å². The predicted molar refractivity (Wildman–Crippen MR) is 93.6 cm³/mol. The van der Waals surface area contributed by atoms with Crippen LogP contribution in [0.5, 0.6) is 0 Å². The monoisotopic (exact) mass is 411 g/mol. The summed E-state index contributed by atoms with van der Waals surface area (Å²) in [6.45, 7) is 0.223. The molecule has 1 nitrogen and oxygen atoms in total. The van der Waals surface area contributed by atoms with E-state index in [-0.39, 0.29) is 12.1 Å². The first-order valence-electron chi connectivity index (χ1n) is 7.01. The van der Waals surface area contributed by atoms with Crippen LogP contribution in [0.2, 0.25) is 15.1 Å². The lowest BCUT2D eigenvalue weighted by molar-refractivity contribution is -0.139. The molecule has 25 heavy (non-hydrogen) atoms. The summed E-state index contributed by atoms with van der Waals surface area (Å²) < 4.78 is 53.6. The molecule has 134 valence electrons. The van der Waals surface area contributed by atoms with E-state index in [0.29, 0.717) is 16.1 Å². The van der Waals surface area contributed by atoms with Crippen molar-refractivity contribution in [2.24, 2.45) is 5.73 Å². The lowest BCUT2D eigenvalue weighted by Crippen LogP contribution is -2.19. The van der Waals surface area contributed by atoms with E-state index in [1.165, 1.54) is 12.1 Å². The summed E-state index contributed by atoms with van der Waals surface area (Å²) in [5.74, 6) is -2.96. The van der Waals surface area contributed by atoms with Gasteiger partial charge in [-0.1, -0.05) is 59.1 Å². The largest absolute Gasteiger partial charge is 0.399 e. The maximum absolute atomic E-state index is 13.4. The maximum atomic E-state index is 13.4. The molecule has 2 aromatic rings. The van der Waals surface area contributed by atoms with E-state index in [1.807, 2.05) is 0 Å². The van der Waals surface area contributed by atoms with Crippen molar-refractivity contribution in [2.45, 2.75) is 18.6 Å². The summed E-state index contributed by atoms with van der Waals surface area (Å²) in [6, 6.07) is 6.57. The van der Waals surface area contributed by atoms with E-state index in [1.54, 1.807) is 12.1 Å². The minimum Gasteiger partial charge on any atom is -0.326 e. The Balaban J connectivity index is 2.41. The molecule has 2 rings (SSSR count). The fourth-order valence-corrected chi connectivity index (χ4v) is 2.97. The molecule has 0 aliphatic heterocycles. The summed E-state index contributed by atoms with van der Waals surface area (Å²) in [7, 11) is 0. The molecule has 2 N–H and O–H groups in total. The number of hydrogen-bond acceptors (Lipinski definition) is 1. The molecule has 0 radical (unpaired) electrons. The SMILES string of the molecule is NCc1ccc(/C=C/C(c2cc(Cl)c(F)c(Cl)c2)C(F)(F)F)cc1Cl. The van der Waals surface area contributed by atoms with Crippen molar-refractivity contribution in [2.75, 3.05) is 0 Å². The van der Waals surface area contributed by atoms with Crippen LogP contribution in [0.1, 0.15) is 22.6 Å². The van der Waals surface area contributed by atoms with Gasteiger partial charge in [0.05, 0.1) is 16.0 Å². The normalized spacial score (nSPS) is 13.4. The van der Waals surface area contributed by atoms with E-state index in [2.05, 4.69) is 0 Å². The average molecular weight is 413 g/mol. The highest BCUT2D eigenvalue weighted by atomic mass is 35.5. The van der Waals surface area contributed by atoms with Crippen molar-refractivity contribution < 1.29 is 17.6 Å². The summed E-state index contributed by atoms with van der Waals surface area (Å²) in [4.78, 5) is 0. The third kappa shape index (κ3) is 4.88. The van der Waals surface area contributed by atoms with Crippen LogP contribution in [0.4, 0.5) is 17.6 Å². The molecule has 0 fully saturated rings. The summed E-state index contributed by atoms with van der Waals surface area (Å²) in [6.07, 6.45) is -2.40. The third-order valence-electron chi connectivity index (χ3n) is 3.50. The highest BCUT2D eigenvalue weighted by Gasteiger charge is 2.39. The minimum atomic E-state index is -4.61. The summed E-state index contributed by atoms with van der Waals surface area (Å²) >= 11 is 17.2. The molecule has 0 aliphatic rings. The number of halogens is 7. The molecule has 0 amide bonds. The van der Waals surface area contributed by atoms with Crippen molar-refractivity contribution in [1.29, 1.82) is 0 Å². The number of hydrogen-bond donors (Lipinski definition) is 1. The van der Waals surface area contributed by atoms with Crippen LogP contribution in [0, 0.1) is 5.82 Å². The van der Waals surface area contributed by atoms with E-state index >= 15 is 0 Å². The van der Waals surface area contributed by atoms with Gasteiger partial charge >= 0.3 is 6.18 Å². The lowest BCUT2D eigenvalue weighted by Gasteiger charge is -2.18. The smallest absolute Gasteiger partial charge is 0.326 e. The molecule has 0 saturated carbocycles. The summed E-state index contributed by atoms with van der Waals surface area (Å²) in [5, 5.41) is -0.581. The second-order valence-electron chi connectivity index (χ2n) is 5.23. The zero-order valence-corrected chi connectivity index (χ0v) is 14.8. The van der Waals surface area contributed by atoms with Crippen LogP contribution in [-0.2, 0) is 6.54 Å². The summed E-state index contributed by atoms with van der Waals surface area (Å²) in [5.41, 5.74) is 6.38. The second-order valence-corrected chi connectivity index (χ2v) is 6.45. The first-order valence-corrected chi connectivity index (χ1v) is 8.14. The third-order valence-corrected chi connectivity index (χ3v) is 4.40. The Morgan fingerprint density at radius 1 is 1.00 bits per heavy atom. The molecule has 1 atom stereocenters. The number of allylic oxidation sites excluding steroid dienone is 1. The second kappa shape index (κ2) is 7.96. The zero-order valence-electron chi connectivity index (χ0n) is 12.5. The van der Waals surface area contributed by atoms with E-state index in [9.17, 15) is 17.6 Å². The fourth-order valence-electron chi connectivity index (χ4n) is 2.20. The first-order chi connectivity index (χ1) is 11.6. The van der Waals surface area contributed by atoms with Gasteiger partial charge in [0.2, 0.25) is 0 Å². The molecule has 0 heterocycles. The highest BCUT2D eigenvalue weighted by Crippen LogP contribution is 2.39. The molecule has 0 spiro atoms. The van der Waals surface area contributed by atoms with Crippen molar-refractivity contribution in [3.63, 3.8) is 0 Å². The quantitative estimate of drug-likeness (QED) is 0.444. The molecule has 0 saturated heterocycles. The van der Waals surface area contributed by atoms with Crippen LogP contribution in [0.15, 0.2) is 36.4 Å². The van der Waals surface area contributed by atoms with Gasteiger partial charge in [-0.15, -0.1) is 0 Å². The molecule has 0 bridgehead atoms. The van der Waals surface area contributed by atoms with Gasteiger partial charge in [0.1, 0.15) is 0 Å². The van der Waals surface area contributed by atoms with Crippen LogP contribution in [0.25, 0.3) is 6.08 Å². The standard InChI is InChI=1S/C17H12Cl3F4N/c18-13-5-9(1-3-10(13)8-25)2-4-12(17(22,23)24)11-6-14(19)16(21)15(20)7-11/h1-7,12H,8,25H2/b4-2+. The van der Waals surface area contributed by atoms with E-state index in [4.69, 9.17) is 40.5 Å². The Morgan fingerprint density at radius 3 is 2.08 bits per heavy atom. The molecular formula is C17H12Cl3F4N. The van der Waals surface area contributed by atoms with Crippen LogP contribution in [0.3, 0.4) is 0 Å². The fraction of sp³-hybridized carbons (Fsp3) is 0.176. The van der Waals surface area contributed by atoms with E-state index in [0.717, 1.165) is 18.2 Å². The predicted octanol–water partition coefficient (Wildman–Crippen LogP) is 6.60. The van der Waals surface area contributed by atoms with Gasteiger partial charge in [0, 0.05) is 11.6 Å². The molecule has 2 aromatic carbocycles. The van der Waals surface area contributed by atoms with Crippen LogP contribution >= 0.6 is 34.8 Å². The van der Waals surface area contributed by atoms with Gasteiger partial charge in [-0.3, -0.25) is 0 Å². The van der Waals surface area contributed by atoms with Crippen molar-refractivity contribution in [3.8, 4) is 0 Å². The lowest BCUT2D eigenvalue weighted by atomic mass is 9.97. The average Bonchev–Trinajstić information content (AvgIpc) is 2.51. The highest BCUT2D eigenvalue weighted by molar-refractivity contribution is 6.35. The molecule has 1 unspecified atom stereocenters. The van der Waals surface area contributed by atoms with Crippen molar-refractivity contribution in [1.82, 2.24) is 0 Å². The molecular weight excluding hydrogens is 401 g/mol.